The second-order valence-electron chi connectivity index (χ2n) is 8.23. The summed E-state index contributed by atoms with van der Waals surface area (Å²) in [6.07, 6.45) is 3.04. The third-order valence-corrected chi connectivity index (χ3v) is 5.59. The number of carbonyl (C=O) groups is 1. The van der Waals surface area contributed by atoms with Gasteiger partial charge in [-0.2, -0.15) is 13.2 Å². The number of imidazole rings is 1. The SMILES string of the molecule is O=C(NC1CC1)c1ccc(-c2cnc3c(NCCC(F)(F)F)nc(C4=CC=NC4)cn23)cc1F. The molecule has 176 valence electrons. The molecule has 0 bridgehead atoms. The maximum Gasteiger partial charge on any atom is 0.390 e. The zero-order valence-corrected chi connectivity index (χ0v) is 17.9. The molecule has 0 unspecified atom stereocenters. The van der Waals surface area contributed by atoms with Gasteiger partial charge >= 0.3 is 6.18 Å². The zero-order chi connectivity index (χ0) is 23.9. The smallest absolute Gasteiger partial charge is 0.367 e. The van der Waals surface area contributed by atoms with E-state index in [1.165, 1.54) is 18.3 Å². The van der Waals surface area contributed by atoms with E-state index in [0.717, 1.165) is 18.4 Å². The minimum atomic E-state index is -4.31. The molecular formula is C23H20F4N6O. The predicted molar refractivity (Wildman–Crippen MR) is 119 cm³/mol. The van der Waals surface area contributed by atoms with Crippen molar-refractivity contribution in [2.24, 2.45) is 4.99 Å². The average molecular weight is 472 g/mol. The first-order valence-electron chi connectivity index (χ1n) is 10.8. The Balaban J connectivity index is 1.51. The Hall–Kier alpha value is -3.76. The summed E-state index contributed by atoms with van der Waals surface area (Å²) in [6, 6.07) is 4.39. The molecule has 2 aromatic heterocycles. The number of hydrogen-bond donors (Lipinski definition) is 2. The lowest BCUT2D eigenvalue weighted by Crippen LogP contribution is -2.26. The summed E-state index contributed by atoms with van der Waals surface area (Å²) in [4.78, 5) is 25.2. The Morgan fingerprint density at radius 3 is 2.74 bits per heavy atom. The third-order valence-electron chi connectivity index (χ3n) is 5.59. The molecule has 5 rings (SSSR count). The fourth-order valence-electron chi connectivity index (χ4n) is 3.66. The average Bonchev–Trinajstić information content (AvgIpc) is 3.24. The van der Waals surface area contributed by atoms with Gasteiger partial charge in [0.2, 0.25) is 0 Å². The van der Waals surface area contributed by atoms with Crippen molar-refractivity contribution in [3.63, 3.8) is 0 Å². The molecule has 0 saturated heterocycles. The summed E-state index contributed by atoms with van der Waals surface area (Å²) >= 11 is 0. The third kappa shape index (κ3) is 4.63. The van der Waals surface area contributed by atoms with Gasteiger partial charge in [0, 0.05) is 36.1 Å². The number of nitrogens with zero attached hydrogens (tertiary/aromatic N) is 4. The highest BCUT2D eigenvalue weighted by Crippen LogP contribution is 2.29. The number of allylic oxidation sites excluding steroid dienone is 1. The standard InChI is InChI=1S/C23H20F4N6O/c24-17-9-13(1-4-16(17)22(34)31-15-2-3-15)19-11-30-21-20(29-8-6-23(25,26)27)32-18(12-33(19)21)14-5-7-28-10-14/h1,4-5,7,9,11-12,15H,2-3,6,8,10H2,(H,29,32)(H,31,34). The van der Waals surface area contributed by atoms with Gasteiger partial charge < -0.3 is 10.6 Å². The van der Waals surface area contributed by atoms with Crippen molar-refractivity contribution in [3.8, 4) is 11.3 Å². The molecule has 1 saturated carbocycles. The van der Waals surface area contributed by atoms with Gasteiger partial charge in [-0.25, -0.2) is 14.4 Å². The Labute approximate surface area is 191 Å². The van der Waals surface area contributed by atoms with Gasteiger partial charge in [0.05, 0.1) is 36.1 Å². The summed E-state index contributed by atoms with van der Waals surface area (Å²) in [5.41, 5.74) is 2.53. The normalized spacial score (nSPS) is 15.6. The summed E-state index contributed by atoms with van der Waals surface area (Å²) in [5, 5.41) is 5.48. The van der Waals surface area contributed by atoms with Crippen molar-refractivity contribution in [2.75, 3.05) is 18.4 Å². The second-order valence-corrected chi connectivity index (χ2v) is 8.23. The minimum absolute atomic E-state index is 0.0467. The number of amides is 1. The van der Waals surface area contributed by atoms with E-state index < -0.39 is 24.3 Å². The van der Waals surface area contributed by atoms with Gasteiger partial charge in [-0.3, -0.25) is 14.2 Å². The first kappa shape index (κ1) is 22.1. The lowest BCUT2D eigenvalue weighted by atomic mass is 10.1. The fourth-order valence-corrected chi connectivity index (χ4v) is 3.66. The zero-order valence-electron chi connectivity index (χ0n) is 17.9. The molecule has 1 aliphatic heterocycles. The molecule has 3 aromatic rings. The van der Waals surface area contributed by atoms with E-state index in [2.05, 4.69) is 25.6 Å². The van der Waals surface area contributed by atoms with Crippen LogP contribution in [0, 0.1) is 5.82 Å². The number of aliphatic imine (C=N–C) groups is 1. The maximum atomic E-state index is 14.8. The van der Waals surface area contributed by atoms with Crippen molar-refractivity contribution < 1.29 is 22.4 Å². The molecule has 0 atom stereocenters. The van der Waals surface area contributed by atoms with Gasteiger partial charge in [0.15, 0.2) is 11.5 Å². The van der Waals surface area contributed by atoms with Crippen LogP contribution in [0.1, 0.15) is 35.3 Å². The molecule has 2 aliphatic rings. The number of fused-ring (bicyclic) bond motifs is 1. The molecule has 2 N–H and O–H groups in total. The van der Waals surface area contributed by atoms with E-state index in [1.807, 2.05) is 0 Å². The number of benzene rings is 1. The van der Waals surface area contributed by atoms with E-state index in [-0.39, 0.29) is 24.0 Å². The second kappa shape index (κ2) is 8.54. The molecule has 3 heterocycles. The van der Waals surface area contributed by atoms with E-state index in [9.17, 15) is 22.4 Å². The van der Waals surface area contributed by atoms with Crippen LogP contribution in [0.4, 0.5) is 23.4 Å². The van der Waals surface area contributed by atoms with Crippen LogP contribution in [-0.2, 0) is 0 Å². The van der Waals surface area contributed by atoms with Crippen LogP contribution in [0.25, 0.3) is 22.5 Å². The van der Waals surface area contributed by atoms with Gasteiger partial charge in [-0.05, 0) is 31.1 Å². The van der Waals surface area contributed by atoms with Crippen LogP contribution in [0.15, 0.2) is 41.7 Å². The van der Waals surface area contributed by atoms with E-state index >= 15 is 0 Å². The molecule has 1 fully saturated rings. The number of anilines is 1. The molecule has 7 nitrogen and oxygen atoms in total. The predicted octanol–water partition coefficient (Wildman–Crippen LogP) is 4.26. The largest absolute Gasteiger partial charge is 0.390 e. The number of aromatic nitrogens is 3. The Kier molecular flexibility index (Phi) is 5.54. The minimum Gasteiger partial charge on any atom is -0.367 e. The highest BCUT2D eigenvalue weighted by molar-refractivity contribution is 5.95. The van der Waals surface area contributed by atoms with Crippen molar-refractivity contribution in [3.05, 3.63) is 53.7 Å². The summed E-state index contributed by atoms with van der Waals surface area (Å²) in [5.74, 6) is -0.947. The van der Waals surface area contributed by atoms with Crippen molar-refractivity contribution in [1.82, 2.24) is 19.7 Å². The highest BCUT2D eigenvalue weighted by atomic mass is 19.4. The topological polar surface area (TPSA) is 83.7 Å². The number of alkyl halides is 3. The molecule has 1 aromatic carbocycles. The number of rotatable bonds is 7. The molecule has 1 amide bonds. The van der Waals surface area contributed by atoms with E-state index in [1.54, 1.807) is 29.0 Å². The highest BCUT2D eigenvalue weighted by Gasteiger charge is 2.27. The first-order valence-corrected chi connectivity index (χ1v) is 10.8. The van der Waals surface area contributed by atoms with Crippen LogP contribution in [0.2, 0.25) is 0 Å². The van der Waals surface area contributed by atoms with Gasteiger partial charge in [0.1, 0.15) is 5.82 Å². The number of nitrogens with one attached hydrogen (secondary N) is 2. The van der Waals surface area contributed by atoms with Crippen LogP contribution in [0.3, 0.4) is 0 Å². The lowest BCUT2D eigenvalue weighted by molar-refractivity contribution is -0.131. The van der Waals surface area contributed by atoms with Gasteiger partial charge in [0.25, 0.3) is 5.91 Å². The molecule has 0 radical (unpaired) electrons. The Bertz CT molecular complexity index is 1320. The van der Waals surface area contributed by atoms with Crippen LogP contribution >= 0.6 is 0 Å². The van der Waals surface area contributed by atoms with Gasteiger partial charge in [-0.15, -0.1) is 0 Å². The Morgan fingerprint density at radius 1 is 1.24 bits per heavy atom. The van der Waals surface area contributed by atoms with Crippen molar-refractivity contribution in [1.29, 1.82) is 0 Å². The molecular weight excluding hydrogens is 452 g/mol. The first-order chi connectivity index (χ1) is 16.3. The number of halogens is 4. The fraction of sp³-hybridized carbons (Fsp3) is 0.304. The van der Waals surface area contributed by atoms with E-state index in [0.29, 0.717) is 29.1 Å². The Morgan fingerprint density at radius 2 is 2.06 bits per heavy atom. The van der Waals surface area contributed by atoms with Crippen molar-refractivity contribution in [2.45, 2.75) is 31.5 Å². The monoisotopic (exact) mass is 472 g/mol. The maximum absolute atomic E-state index is 14.8. The van der Waals surface area contributed by atoms with Gasteiger partial charge in [-0.1, -0.05) is 6.07 Å². The van der Waals surface area contributed by atoms with E-state index in [4.69, 9.17) is 0 Å². The molecule has 34 heavy (non-hydrogen) atoms. The molecule has 1 aliphatic carbocycles. The summed E-state index contributed by atoms with van der Waals surface area (Å²) in [7, 11) is 0. The molecule has 0 spiro atoms. The van der Waals surface area contributed by atoms with Crippen LogP contribution in [0.5, 0.6) is 0 Å². The summed E-state index contributed by atoms with van der Waals surface area (Å²) in [6.45, 7) is 0.0245. The molecule has 11 heteroatoms. The number of carbonyl (C=O) groups excluding carboxylic acids is 1. The van der Waals surface area contributed by atoms with Crippen molar-refractivity contribution >= 4 is 29.2 Å². The lowest BCUT2D eigenvalue weighted by Gasteiger charge is -2.13. The quantitative estimate of drug-likeness (QED) is 0.504. The summed E-state index contributed by atoms with van der Waals surface area (Å²) < 4.78 is 54.4. The van der Waals surface area contributed by atoms with Crippen LogP contribution < -0.4 is 10.6 Å². The number of hydrogen-bond acceptors (Lipinski definition) is 5. The van der Waals surface area contributed by atoms with Crippen LogP contribution in [-0.4, -0.2) is 51.8 Å².